The van der Waals surface area contributed by atoms with Gasteiger partial charge < -0.3 is 11.1 Å². The molecule has 0 aliphatic heterocycles. The molecule has 22 heavy (non-hydrogen) atoms. The number of hydrogen-bond donors (Lipinski definition) is 2. The van der Waals surface area contributed by atoms with Gasteiger partial charge in [0.25, 0.3) is 0 Å². The third-order valence-electron chi connectivity index (χ3n) is 3.28. The fraction of sp³-hybridized carbons (Fsp3) is 0.375. The number of nitrogens with two attached hydrogens (primary N) is 1. The molecule has 0 spiro atoms. The van der Waals surface area contributed by atoms with Crippen LogP contribution in [0.4, 0.5) is 0 Å². The van der Waals surface area contributed by atoms with Gasteiger partial charge in [0.2, 0.25) is 5.91 Å². The number of carbonyl (C=O) groups excluding carboxylic acids is 1. The molecule has 0 saturated heterocycles. The number of nitrogens with zero attached hydrogens (tertiary/aromatic N) is 2. The minimum Gasteiger partial charge on any atom is -0.351 e. The van der Waals surface area contributed by atoms with E-state index in [2.05, 4.69) is 22.5 Å². The summed E-state index contributed by atoms with van der Waals surface area (Å²) in [5.41, 5.74) is 7.94. The fourth-order valence-electron chi connectivity index (χ4n) is 2.12. The Balaban J connectivity index is 0.00000242. The zero-order chi connectivity index (χ0) is 15.1. The molecule has 2 aromatic rings. The molecular weight excluding hydrogens is 300 g/mol. The van der Waals surface area contributed by atoms with E-state index in [4.69, 9.17) is 5.73 Å². The lowest BCUT2D eigenvalue weighted by atomic mass is 10.1. The Kier molecular flexibility index (Phi) is 7.63. The maximum absolute atomic E-state index is 11.7. The van der Waals surface area contributed by atoms with Gasteiger partial charge in [-0.05, 0) is 12.0 Å². The van der Waals surface area contributed by atoms with Crippen LogP contribution in [0.1, 0.15) is 30.9 Å². The number of rotatable bonds is 7. The van der Waals surface area contributed by atoms with Gasteiger partial charge in [0, 0.05) is 18.3 Å². The Bertz CT molecular complexity index is 571. The van der Waals surface area contributed by atoms with Crippen molar-refractivity contribution < 1.29 is 4.79 Å². The highest BCUT2D eigenvalue weighted by molar-refractivity contribution is 5.85. The van der Waals surface area contributed by atoms with Gasteiger partial charge >= 0.3 is 0 Å². The van der Waals surface area contributed by atoms with Crippen molar-refractivity contribution in [2.45, 2.75) is 38.9 Å². The van der Waals surface area contributed by atoms with Gasteiger partial charge in [-0.3, -0.25) is 9.48 Å². The van der Waals surface area contributed by atoms with E-state index in [1.54, 1.807) is 6.20 Å². The van der Waals surface area contributed by atoms with Crippen LogP contribution < -0.4 is 11.1 Å². The van der Waals surface area contributed by atoms with E-state index in [1.807, 2.05) is 36.0 Å². The molecule has 5 nitrogen and oxygen atoms in total. The third kappa shape index (κ3) is 5.50. The lowest BCUT2D eigenvalue weighted by Crippen LogP contribution is -2.39. The molecule has 1 atom stereocenters. The average molecular weight is 323 g/mol. The van der Waals surface area contributed by atoms with Gasteiger partial charge in [0.05, 0.1) is 18.8 Å². The molecule has 6 heteroatoms. The number of nitrogens with one attached hydrogen (secondary N) is 1. The fourth-order valence-corrected chi connectivity index (χ4v) is 2.12. The van der Waals surface area contributed by atoms with Crippen LogP contribution in [-0.4, -0.2) is 21.7 Å². The molecule has 2 rings (SSSR count). The number of carbonyl (C=O) groups is 1. The molecule has 0 bridgehead atoms. The van der Waals surface area contributed by atoms with Crippen molar-refractivity contribution >= 4 is 18.3 Å². The molecule has 3 N–H and O–H groups in total. The lowest BCUT2D eigenvalue weighted by molar-refractivity contribution is -0.122. The highest BCUT2D eigenvalue weighted by atomic mass is 35.5. The van der Waals surface area contributed by atoms with E-state index < -0.39 is 6.04 Å². The summed E-state index contributed by atoms with van der Waals surface area (Å²) in [4.78, 5) is 11.7. The molecule has 0 saturated carbocycles. The van der Waals surface area contributed by atoms with Crippen molar-refractivity contribution in [1.82, 2.24) is 15.1 Å². The van der Waals surface area contributed by atoms with Crippen molar-refractivity contribution in [3.05, 3.63) is 53.9 Å². The smallest absolute Gasteiger partial charge is 0.237 e. The predicted octanol–water partition coefficient (Wildman–Crippen LogP) is 2.10. The monoisotopic (exact) mass is 322 g/mol. The Hall–Kier alpha value is -1.85. The maximum Gasteiger partial charge on any atom is 0.237 e. The van der Waals surface area contributed by atoms with E-state index in [9.17, 15) is 4.79 Å². The van der Waals surface area contributed by atoms with Gasteiger partial charge in [0.1, 0.15) is 0 Å². The molecule has 0 radical (unpaired) electrons. The maximum atomic E-state index is 11.7. The van der Waals surface area contributed by atoms with Crippen molar-refractivity contribution in [2.75, 3.05) is 0 Å². The van der Waals surface area contributed by atoms with E-state index in [0.717, 1.165) is 18.5 Å². The highest BCUT2D eigenvalue weighted by Crippen LogP contribution is 2.04. The molecule has 1 amide bonds. The van der Waals surface area contributed by atoms with Crippen LogP contribution in [-0.2, 0) is 17.9 Å². The van der Waals surface area contributed by atoms with E-state index >= 15 is 0 Å². The summed E-state index contributed by atoms with van der Waals surface area (Å²) in [6.07, 6.45) is 5.33. The van der Waals surface area contributed by atoms with Crippen molar-refractivity contribution in [2.24, 2.45) is 5.73 Å². The summed E-state index contributed by atoms with van der Waals surface area (Å²) >= 11 is 0. The predicted molar refractivity (Wildman–Crippen MR) is 89.7 cm³/mol. The topological polar surface area (TPSA) is 72.9 Å². The standard InChI is InChI=1S/C16H22N4O.ClH/c1-2-6-15(17)16(21)18-9-14-10-19-20(12-14)11-13-7-4-3-5-8-13;/h3-5,7-8,10,12,15H,2,6,9,11,17H2,1H3,(H,18,21);1H. The Morgan fingerprint density at radius 3 is 2.73 bits per heavy atom. The minimum absolute atomic E-state index is 0. The zero-order valence-corrected chi connectivity index (χ0v) is 13.6. The second-order valence-corrected chi connectivity index (χ2v) is 5.14. The van der Waals surface area contributed by atoms with Crippen LogP contribution in [0.15, 0.2) is 42.7 Å². The molecule has 1 heterocycles. The second kappa shape index (κ2) is 9.23. The van der Waals surface area contributed by atoms with Crippen molar-refractivity contribution in [3.8, 4) is 0 Å². The molecule has 1 unspecified atom stereocenters. The zero-order valence-electron chi connectivity index (χ0n) is 12.7. The largest absolute Gasteiger partial charge is 0.351 e. The Morgan fingerprint density at radius 2 is 2.05 bits per heavy atom. The molecular formula is C16H23ClN4O. The summed E-state index contributed by atoms with van der Waals surface area (Å²) < 4.78 is 1.86. The van der Waals surface area contributed by atoms with Crippen LogP contribution in [0.2, 0.25) is 0 Å². The second-order valence-electron chi connectivity index (χ2n) is 5.14. The molecule has 120 valence electrons. The van der Waals surface area contributed by atoms with Crippen LogP contribution in [0.3, 0.4) is 0 Å². The third-order valence-corrected chi connectivity index (χ3v) is 3.28. The molecule has 1 aromatic carbocycles. The summed E-state index contributed by atoms with van der Waals surface area (Å²) in [7, 11) is 0. The number of halogens is 1. The van der Waals surface area contributed by atoms with Gasteiger partial charge in [-0.1, -0.05) is 43.7 Å². The lowest BCUT2D eigenvalue weighted by Gasteiger charge is -2.10. The molecule has 0 fully saturated rings. The van der Waals surface area contributed by atoms with Gasteiger partial charge in [0.15, 0.2) is 0 Å². The normalized spacial score (nSPS) is 11.5. The Morgan fingerprint density at radius 1 is 1.32 bits per heavy atom. The number of hydrogen-bond acceptors (Lipinski definition) is 3. The highest BCUT2D eigenvalue weighted by Gasteiger charge is 2.11. The summed E-state index contributed by atoms with van der Waals surface area (Å²) in [5, 5.41) is 7.15. The van der Waals surface area contributed by atoms with Crippen LogP contribution in [0, 0.1) is 0 Å². The van der Waals surface area contributed by atoms with Gasteiger partial charge in [-0.2, -0.15) is 5.10 Å². The van der Waals surface area contributed by atoms with E-state index in [-0.39, 0.29) is 18.3 Å². The van der Waals surface area contributed by atoms with E-state index in [1.165, 1.54) is 5.56 Å². The van der Waals surface area contributed by atoms with Gasteiger partial charge in [-0.15, -0.1) is 12.4 Å². The number of amides is 1. The first-order valence-corrected chi connectivity index (χ1v) is 7.27. The SMILES string of the molecule is CCCC(N)C(=O)NCc1cnn(Cc2ccccc2)c1.Cl. The first-order valence-electron chi connectivity index (χ1n) is 7.27. The van der Waals surface area contributed by atoms with Crippen LogP contribution in [0.5, 0.6) is 0 Å². The summed E-state index contributed by atoms with van der Waals surface area (Å²) in [5.74, 6) is -0.104. The average Bonchev–Trinajstić information content (AvgIpc) is 2.93. The molecule has 0 aliphatic rings. The number of aromatic nitrogens is 2. The number of benzene rings is 1. The minimum atomic E-state index is -0.422. The molecule has 1 aromatic heterocycles. The van der Waals surface area contributed by atoms with Crippen LogP contribution >= 0.6 is 12.4 Å². The van der Waals surface area contributed by atoms with E-state index in [0.29, 0.717) is 13.0 Å². The molecule has 0 aliphatic carbocycles. The van der Waals surface area contributed by atoms with Crippen LogP contribution in [0.25, 0.3) is 0 Å². The van der Waals surface area contributed by atoms with Crippen molar-refractivity contribution in [3.63, 3.8) is 0 Å². The van der Waals surface area contributed by atoms with Crippen molar-refractivity contribution in [1.29, 1.82) is 0 Å². The first kappa shape index (κ1) is 18.2. The summed E-state index contributed by atoms with van der Waals surface area (Å²) in [6, 6.07) is 9.71. The first-order chi connectivity index (χ1) is 10.2. The Labute approximate surface area is 137 Å². The summed E-state index contributed by atoms with van der Waals surface area (Å²) in [6.45, 7) is 3.20. The van der Waals surface area contributed by atoms with Gasteiger partial charge in [-0.25, -0.2) is 0 Å². The quantitative estimate of drug-likeness (QED) is 0.820.